The number of aromatic nitrogens is 3. The first-order valence-electron chi connectivity index (χ1n) is 12.2. The van der Waals surface area contributed by atoms with Crippen molar-refractivity contribution in [3.05, 3.63) is 33.7 Å². The van der Waals surface area contributed by atoms with Crippen LogP contribution in [-0.4, -0.2) is 85.0 Å². The fourth-order valence-electron chi connectivity index (χ4n) is 3.66. The maximum Gasteiger partial charge on any atom is 0.358 e. The number of oxime groups is 1. The molecular formula is C24H28N6O7S4. The van der Waals surface area contributed by atoms with Crippen LogP contribution in [-0.2, 0) is 33.5 Å². The third-order valence-electron chi connectivity index (χ3n) is 5.64. The van der Waals surface area contributed by atoms with Crippen molar-refractivity contribution in [2.75, 3.05) is 18.6 Å². The molecule has 4 rings (SSSR count). The second-order valence-electron chi connectivity index (χ2n) is 9.83. The van der Waals surface area contributed by atoms with Gasteiger partial charge in [-0.05, 0) is 44.8 Å². The molecule has 3 atom stereocenters. The highest BCUT2D eigenvalue weighted by Crippen LogP contribution is 2.42. The zero-order chi connectivity index (χ0) is 29.9. The average Bonchev–Trinajstić information content (AvgIpc) is 3.59. The minimum absolute atomic E-state index is 0.0573. The van der Waals surface area contributed by atoms with Gasteiger partial charge in [-0.1, -0.05) is 16.9 Å². The third-order valence-corrected chi connectivity index (χ3v) is 9.57. The molecule has 0 spiro atoms. The van der Waals surface area contributed by atoms with E-state index >= 15 is 0 Å². The van der Waals surface area contributed by atoms with Crippen molar-refractivity contribution < 1.29 is 33.5 Å². The molecule has 2 aliphatic rings. The monoisotopic (exact) mass is 640 g/mol. The van der Waals surface area contributed by atoms with Crippen molar-refractivity contribution in [2.24, 2.45) is 10.6 Å². The van der Waals surface area contributed by atoms with Crippen molar-refractivity contribution in [1.29, 1.82) is 0 Å². The number of aryl methyl sites for hydroxylation is 1. The number of β-lactam (4-membered cyclic amide) rings is 1. The number of esters is 2. The summed E-state index contributed by atoms with van der Waals surface area (Å²) < 4.78 is 15.7. The van der Waals surface area contributed by atoms with E-state index in [1.54, 1.807) is 38.6 Å². The lowest BCUT2D eigenvalue weighted by atomic mass is 9.97. The molecule has 1 saturated heterocycles. The first kappa shape index (κ1) is 30.9. The van der Waals surface area contributed by atoms with E-state index in [1.165, 1.54) is 65.3 Å². The largest absolute Gasteiger partial charge is 0.425 e. The van der Waals surface area contributed by atoms with Gasteiger partial charge in [0.25, 0.3) is 11.8 Å². The molecule has 2 unspecified atom stereocenters. The highest BCUT2D eigenvalue weighted by Gasteiger charge is 2.55. The first-order valence-corrected chi connectivity index (χ1v) is 16.0. The number of carbonyl (C=O) groups is 4. The summed E-state index contributed by atoms with van der Waals surface area (Å²) in [6.07, 6.45) is -1.19. The molecule has 0 bridgehead atoms. The van der Waals surface area contributed by atoms with Crippen molar-refractivity contribution in [3.8, 4) is 0 Å². The van der Waals surface area contributed by atoms with Gasteiger partial charge in [0.2, 0.25) is 6.29 Å². The Kier molecular flexibility index (Phi) is 9.71. The SMILES string of the molecule is CO/N=C(\C(=O)NC1C(=O)N2C(C(=O)OC(C)OC(=O)C(C)(C)C)=C(CSc3nc(C)ns3)CS[C@H]12)c1cscn1. The number of rotatable bonds is 10. The highest BCUT2D eigenvalue weighted by molar-refractivity contribution is 8.01. The highest BCUT2D eigenvalue weighted by atomic mass is 32.2. The number of thioether (sulfide) groups is 2. The number of fused-ring (bicyclic) bond motifs is 1. The first-order chi connectivity index (χ1) is 19.4. The van der Waals surface area contributed by atoms with E-state index in [9.17, 15) is 19.2 Å². The van der Waals surface area contributed by atoms with Gasteiger partial charge in [0, 0.05) is 23.8 Å². The van der Waals surface area contributed by atoms with Crippen LogP contribution in [0.25, 0.3) is 0 Å². The summed E-state index contributed by atoms with van der Waals surface area (Å²) in [5.74, 6) is -1.10. The Morgan fingerprint density at radius 2 is 2.05 bits per heavy atom. The van der Waals surface area contributed by atoms with Crippen LogP contribution in [0.2, 0.25) is 0 Å². The molecule has 1 fully saturated rings. The van der Waals surface area contributed by atoms with Gasteiger partial charge < -0.3 is 19.6 Å². The normalized spacial score (nSPS) is 19.7. The summed E-state index contributed by atoms with van der Waals surface area (Å²) >= 11 is 5.31. The Labute approximate surface area is 252 Å². The Hall–Kier alpha value is -3.02. The molecule has 17 heteroatoms. The van der Waals surface area contributed by atoms with E-state index in [1.807, 2.05) is 0 Å². The van der Waals surface area contributed by atoms with Crippen LogP contribution in [0, 0.1) is 12.3 Å². The number of hydrogen-bond donors (Lipinski definition) is 1. The van der Waals surface area contributed by atoms with Gasteiger partial charge in [0.05, 0.1) is 10.9 Å². The zero-order valence-corrected chi connectivity index (χ0v) is 26.3. The number of thiazole rings is 1. The fraction of sp³-hybridized carbons (Fsp3) is 0.500. The molecule has 2 aliphatic heterocycles. The Balaban J connectivity index is 1.54. The van der Waals surface area contributed by atoms with Gasteiger partial charge in [-0.3, -0.25) is 19.3 Å². The van der Waals surface area contributed by atoms with E-state index in [2.05, 4.69) is 24.8 Å². The predicted molar refractivity (Wildman–Crippen MR) is 154 cm³/mol. The molecule has 220 valence electrons. The lowest BCUT2D eigenvalue weighted by molar-refractivity contribution is -0.190. The minimum Gasteiger partial charge on any atom is -0.425 e. The molecule has 0 saturated carbocycles. The molecule has 0 aromatic carbocycles. The molecule has 1 N–H and O–H groups in total. The summed E-state index contributed by atoms with van der Waals surface area (Å²) in [6.45, 7) is 8.28. The lowest BCUT2D eigenvalue weighted by Gasteiger charge is -2.49. The second kappa shape index (κ2) is 12.9. The van der Waals surface area contributed by atoms with E-state index in [0.29, 0.717) is 28.6 Å². The van der Waals surface area contributed by atoms with Crippen LogP contribution in [0.15, 0.2) is 31.7 Å². The van der Waals surface area contributed by atoms with Gasteiger partial charge in [-0.25, -0.2) is 14.8 Å². The summed E-state index contributed by atoms with van der Waals surface area (Å²) in [5, 5.41) is 7.53. The predicted octanol–water partition coefficient (Wildman–Crippen LogP) is 2.58. The number of amides is 2. The molecule has 2 aromatic rings. The number of carbonyl (C=O) groups excluding carboxylic acids is 4. The number of nitrogens with zero attached hydrogens (tertiary/aromatic N) is 5. The van der Waals surface area contributed by atoms with Crippen LogP contribution >= 0.6 is 46.4 Å². The average molecular weight is 641 g/mol. The van der Waals surface area contributed by atoms with E-state index in [4.69, 9.17) is 14.3 Å². The standard InChI is InChI=1S/C24H28N6O7S4/c1-11-26-23(41-29-11)40-8-13-7-39-20-16(27-18(31)15(28-35-6)14-9-38-10-25-14)19(32)30(20)17(13)21(33)36-12(2)37-22(34)24(3,4)5/h9-10,12,16,20H,7-8H2,1-6H3,(H,27,31)/b28-15-/t12?,16?,20-/m1/s1. The quantitative estimate of drug-likeness (QED) is 0.101. The number of nitrogens with one attached hydrogen (secondary N) is 1. The summed E-state index contributed by atoms with van der Waals surface area (Å²) in [7, 11) is 1.30. The second-order valence-corrected chi connectivity index (χ2v) is 13.6. The third kappa shape index (κ3) is 7.07. The maximum atomic E-state index is 13.4. The van der Waals surface area contributed by atoms with Gasteiger partial charge in [-0.15, -0.1) is 23.1 Å². The van der Waals surface area contributed by atoms with Crippen molar-refractivity contribution >= 4 is 75.9 Å². The van der Waals surface area contributed by atoms with Crippen molar-refractivity contribution in [2.45, 2.75) is 56.7 Å². The smallest absolute Gasteiger partial charge is 0.358 e. The Morgan fingerprint density at radius 3 is 2.66 bits per heavy atom. The molecule has 41 heavy (non-hydrogen) atoms. The summed E-state index contributed by atoms with van der Waals surface area (Å²) in [4.78, 5) is 66.7. The van der Waals surface area contributed by atoms with Gasteiger partial charge in [-0.2, -0.15) is 4.37 Å². The minimum atomic E-state index is -1.19. The number of hydrogen-bond acceptors (Lipinski definition) is 15. The van der Waals surface area contributed by atoms with Crippen LogP contribution in [0.4, 0.5) is 0 Å². The van der Waals surface area contributed by atoms with Crippen LogP contribution in [0.1, 0.15) is 39.2 Å². The molecule has 4 heterocycles. The van der Waals surface area contributed by atoms with Crippen LogP contribution < -0.4 is 5.32 Å². The molecule has 0 radical (unpaired) electrons. The van der Waals surface area contributed by atoms with Gasteiger partial charge >= 0.3 is 11.9 Å². The molecule has 2 amide bonds. The van der Waals surface area contributed by atoms with E-state index in [-0.39, 0.29) is 11.4 Å². The molecule has 0 aliphatic carbocycles. The fourth-order valence-corrected chi connectivity index (χ4v) is 7.33. The molecule has 13 nitrogen and oxygen atoms in total. The van der Waals surface area contributed by atoms with Gasteiger partial charge in [0.15, 0.2) is 10.1 Å². The van der Waals surface area contributed by atoms with Gasteiger partial charge in [0.1, 0.15) is 35.7 Å². The molecule has 2 aromatic heterocycles. The van der Waals surface area contributed by atoms with E-state index < -0.39 is 46.9 Å². The number of ether oxygens (including phenoxy) is 2. The summed E-state index contributed by atoms with van der Waals surface area (Å²) in [5.41, 5.74) is 1.69. The topological polar surface area (TPSA) is 162 Å². The molecular weight excluding hydrogens is 613 g/mol. The zero-order valence-electron chi connectivity index (χ0n) is 23.0. The van der Waals surface area contributed by atoms with Crippen LogP contribution in [0.3, 0.4) is 0 Å². The lowest BCUT2D eigenvalue weighted by Crippen LogP contribution is -2.71. The van der Waals surface area contributed by atoms with Crippen molar-refractivity contribution in [3.63, 3.8) is 0 Å². The Morgan fingerprint density at radius 1 is 1.29 bits per heavy atom. The van der Waals surface area contributed by atoms with Crippen molar-refractivity contribution in [1.82, 2.24) is 24.6 Å². The Bertz CT molecular complexity index is 1380. The summed E-state index contributed by atoms with van der Waals surface area (Å²) in [6, 6.07) is -0.924. The van der Waals surface area contributed by atoms with E-state index in [0.717, 1.165) is 4.34 Å². The maximum absolute atomic E-state index is 13.4. The van der Waals surface area contributed by atoms with Crippen LogP contribution in [0.5, 0.6) is 0 Å².